The summed E-state index contributed by atoms with van der Waals surface area (Å²) in [5, 5.41) is 3.81. The molecule has 1 aromatic carbocycles. The third-order valence-electron chi connectivity index (χ3n) is 3.15. The molecule has 0 fully saturated rings. The average molecular weight is 291 g/mol. The number of benzene rings is 1. The Morgan fingerprint density at radius 2 is 1.90 bits per heavy atom. The number of rotatable bonds is 3. The van der Waals surface area contributed by atoms with Crippen LogP contribution in [0.15, 0.2) is 57.1 Å². The number of hydrogen-bond acceptors (Lipinski definition) is 5. The summed E-state index contributed by atoms with van der Waals surface area (Å²) in [6, 6.07) is 9.74. The van der Waals surface area contributed by atoms with E-state index in [0.29, 0.717) is 12.1 Å². The van der Waals surface area contributed by atoms with E-state index in [2.05, 4.69) is 5.16 Å². The van der Waals surface area contributed by atoms with Gasteiger partial charge < -0.3 is 4.42 Å². The van der Waals surface area contributed by atoms with Crippen LogP contribution >= 0.6 is 0 Å². The molecule has 20 heavy (non-hydrogen) atoms. The summed E-state index contributed by atoms with van der Waals surface area (Å²) >= 11 is 0. The van der Waals surface area contributed by atoms with Crippen molar-refractivity contribution in [1.82, 2.24) is 0 Å². The maximum absolute atomic E-state index is 12.0. The number of aryl methyl sites for hydroxylation is 1. The summed E-state index contributed by atoms with van der Waals surface area (Å²) < 4.78 is 34.1. The van der Waals surface area contributed by atoms with Crippen molar-refractivity contribution in [2.45, 2.75) is 24.2 Å². The topological polar surface area (TPSA) is 68.9 Å². The molecule has 2 aromatic rings. The van der Waals surface area contributed by atoms with Gasteiger partial charge in [-0.15, -0.1) is 0 Å². The van der Waals surface area contributed by atoms with Gasteiger partial charge in [0.05, 0.1) is 12.0 Å². The molecular formula is C14H13NO4S. The Labute approximate surface area is 117 Å². The molecule has 1 aromatic heterocycles. The van der Waals surface area contributed by atoms with Crippen LogP contribution in [0.5, 0.6) is 0 Å². The molecule has 0 amide bonds. The van der Waals surface area contributed by atoms with Crippen LogP contribution in [-0.2, 0) is 20.8 Å². The van der Waals surface area contributed by atoms with E-state index in [4.69, 9.17) is 8.70 Å². The highest BCUT2D eigenvalue weighted by Crippen LogP contribution is 2.23. The number of hydrogen-bond donors (Lipinski definition) is 0. The highest BCUT2D eigenvalue weighted by atomic mass is 32.2. The molecule has 0 saturated carbocycles. The minimum absolute atomic E-state index is 0.0903. The Kier molecular flexibility index (Phi) is 3.31. The predicted molar refractivity (Wildman–Crippen MR) is 72.9 cm³/mol. The van der Waals surface area contributed by atoms with Crippen LogP contribution < -0.4 is 0 Å². The third kappa shape index (κ3) is 2.46. The van der Waals surface area contributed by atoms with Crippen molar-refractivity contribution in [1.29, 1.82) is 0 Å². The Morgan fingerprint density at radius 3 is 2.70 bits per heavy atom. The molecule has 1 aliphatic carbocycles. The lowest BCUT2D eigenvalue weighted by Gasteiger charge is -2.11. The van der Waals surface area contributed by atoms with E-state index < -0.39 is 10.1 Å². The summed E-state index contributed by atoms with van der Waals surface area (Å²) in [6.07, 6.45) is 3.97. The van der Waals surface area contributed by atoms with Gasteiger partial charge in [0, 0.05) is 12.0 Å². The third-order valence-corrected chi connectivity index (χ3v) is 4.27. The van der Waals surface area contributed by atoms with E-state index in [1.54, 1.807) is 30.5 Å². The van der Waals surface area contributed by atoms with Gasteiger partial charge in [0.2, 0.25) is 0 Å². The van der Waals surface area contributed by atoms with Gasteiger partial charge >= 0.3 is 10.1 Å². The van der Waals surface area contributed by atoms with Crippen molar-refractivity contribution >= 4 is 15.8 Å². The van der Waals surface area contributed by atoms with Crippen molar-refractivity contribution < 1.29 is 17.1 Å². The minimum Gasteiger partial charge on any atom is -0.469 e. The van der Waals surface area contributed by atoms with E-state index >= 15 is 0 Å². The first-order chi connectivity index (χ1) is 9.67. The predicted octanol–water partition coefficient (Wildman–Crippen LogP) is 2.73. The second-order valence-electron chi connectivity index (χ2n) is 4.49. The molecule has 104 valence electrons. The number of nitrogens with zero attached hydrogens (tertiary/aromatic N) is 1. The Bertz CT molecular complexity index is 732. The monoisotopic (exact) mass is 291 g/mol. The van der Waals surface area contributed by atoms with Crippen LogP contribution in [0.2, 0.25) is 0 Å². The van der Waals surface area contributed by atoms with E-state index in [1.807, 2.05) is 0 Å². The van der Waals surface area contributed by atoms with Gasteiger partial charge in [0.25, 0.3) is 0 Å². The largest absolute Gasteiger partial charge is 0.469 e. The van der Waals surface area contributed by atoms with E-state index in [9.17, 15) is 8.42 Å². The lowest BCUT2D eigenvalue weighted by Crippen LogP contribution is -2.12. The SMILES string of the molecule is O=S(=O)(O/N=C1\CCCc2occc21)c1ccccc1. The fourth-order valence-corrected chi connectivity index (χ4v) is 2.93. The zero-order valence-electron chi connectivity index (χ0n) is 10.7. The van der Waals surface area contributed by atoms with Crippen molar-refractivity contribution in [3.63, 3.8) is 0 Å². The Morgan fingerprint density at radius 1 is 1.10 bits per heavy atom. The van der Waals surface area contributed by atoms with Crippen LogP contribution in [0.1, 0.15) is 24.2 Å². The zero-order chi connectivity index (χ0) is 14.0. The molecule has 0 radical (unpaired) electrons. The first kappa shape index (κ1) is 12.9. The Hall–Kier alpha value is -2.08. The van der Waals surface area contributed by atoms with Crippen LogP contribution in [0.3, 0.4) is 0 Å². The summed E-state index contributed by atoms with van der Waals surface area (Å²) in [7, 11) is -3.86. The molecule has 3 rings (SSSR count). The summed E-state index contributed by atoms with van der Waals surface area (Å²) in [5.41, 5.74) is 1.44. The smallest absolute Gasteiger partial charge is 0.358 e. The normalized spacial score (nSPS) is 16.9. The summed E-state index contributed by atoms with van der Waals surface area (Å²) in [4.78, 5) is 0.0903. The molecule has 0 saturated heterocycles. The standard InChI is InChI=1S/C14H13NO4S/c16-20(17,11-5-2-1-3-6-11)19-15-13-7-4-8-14-12(13)9-10-18-14/h1-3,5-6,9-10H,4,7-8H2/b15-13+. The van der Waals surface area contributed by atoms with Gasteiger partial charge in [-0.3, -0.25) is 4.28 Å². The van der Waals surface area contributed by atoms with Crippen LogP contribution in [0, 0.1) is 0 Å². The maximum atomic E-state index is 12.0. The van der Waals surface area contributed by atoms with E-state index in [-0.39, 0.29) is 4.90 Å². The van der Waals surface area contributed by atoms with Crippen molar-refractivity contribution in [3.8, 4) is 0 Å². The maximum Gasteiger partial charge on any atom is 0.358 e. The first-order valence-electron chi connectivity index (χ1n) is 6.29. The quantitative estimate of drug-likeness (QED) is 0.815. The highest BCUT2D eigenvalue weighted by Gasteiger charge is 2.21. The second-order valence-corrected chi connectivity index (χ2v) is 6.02. The fourth-order valence-electron chi connectivity index (χ4n) is 2.16. The lowest BCUT2D eigenvalue weighted by molar-refractivity contribution is 0.337. The molecule has 0 unspecified atom stereocenters. The molecule has 1 heterocycles. The van der Waals surface area contributed by atoms with Crippen LogP contribution in [0.4, 0.5) is 0 Å². The van der Waals surface area contributed by atoms with Gasteiger partial charge in [-0.25, -0.2) is 0 Å². The number of fused-ring (bicyclic) bond motifs is 1. The van der Waals surface area contributed by atoms with Gasteiger partial charge in [0.15, 0.2) is 0 Å². The van der Waals surface area contributed by atoms with Gasteiger partial charge in [-0.05, 0) is 31.0 Å². The molecule has 1 aliphatic rings. The average Bonchev–Trinajstić information content (AvgIpc) is 2.95. The molecule has 5 nitrogen and oxygen atoms in total. The van der Waals surface area contributed by atoms with E-state index in [0.717, 1.165) is 24.2 Å². The van der Waals surface area contributed by atoms with E-state index in [1.165, 1.54) is 12.1 Å². The molecule has 0 spiro atoms. The second kappa shape index (κ2) is 5.13. The zero-order valence-corrected chi connectivity index (χ0v) is 11.5. The van der Waals surface area contributed by atoms with Crippen LogP contribution in [0.25, 0.3) is 0 Å². The molecule has 0 aliphatic heterocycles. The molecule has 0 N–H and O–H groups in total. The molecular weight excluding hydrogens is 278 g/mol. The molecule has 0 bridgehead atoms. The van der Waals surface area contributed by atoms with Gasteiger partial charge in [0.1, 0.15) is 10.7 Å². The molecule has 6 heteroatoms. The number of furan rings is 1. The van der Waals surface area contributed by atoms with Crippen molar-refractivity contribution in [2.75, 3.05) is 0 Å². The van der Waals surface area contributed by atoms with Crippen molar-refractivity contribution in [3.05, 3.63) is 54.0 Å². The Balaban J connectivity index is 1.86. The number of oxime groups is 1. The minimum atomic E-state index is -3.86. The van der Waals surface area contributed by atoms with Gasteiger partial charge in [-0.1, -0.05) is 23.4 Å². The highest BCUT2D eigenvalue weighted by molar-refractivity contribution is 7.86. The lowest BCUT2D eigenvalue weighted by atomic mass is 9.97. The molecule has 0 atom stereocenters. The first-order valence-corrected chi connectivity index (χ1v) is 7.70. The van der Waals surface area contributed by atoms with Gasteiger partial charge in [-0.2, -0.15) is 8.42 Å². The summed E-state index contributed by atoms with van der Waals surface area (Å²) in [6.45, 7) is 0. The summed E-state index contributed by atoms with van der Waals surface area (Å²) in [5.74, 6) is 0.829. The van der Waals surface area contributed by atoms with Crippen LogP contribution in [-0.4, -0.2) is 14.1 Å². The van der Waals surface area contributed by atoms with Crippen molar-refractivity contribution in [2.24, 2.45) is 5.16 Å². The fraction of sp³-hybridized carbons (Fsp3) is 0.214.